The summed E-state index contributed by atoms with van der Waals surface area (Å²) in [5.41, 5.74) is 8.51. The molecule has 0 atom stereocenters. The maximum Gasteiger partial charge on any atom is 0.573 e. The Hall–Kier alpha value is -5.16. The fourth-order valence-electron chi connectivity index (χ4n) is 5.34. The molecule has 234 valence electrons. The Balaban J connectivity index is 1.26. The van der Waals surface area contributed by atoms with Crippen LogP contribution in [0.15, 0.2) is 96.4 Å². The summed E-state index contributed by atoms with van der Waals surface area (Å²) in [6.07, 6.45) is -3.86. The first kappa shape index (κ1) is 30.8. The van der Waals surface area contributed by atoms with Gasteiger partial charge in [-0.15, -0.1) is 24.5 Å². The molecule has 0 fully saturated rings. The van der Waals surface area contributed by atoms with E-state index < -0.39 is 12.3 Å². The number of benzene rings is 4. The molecule has 6 rings (SSSR count). The van der Waals surface area contributed by atoms with Crippen molar-refractivity contribution in [2.24, 2.45) is 0 Å². The summed E-state index contributed by atoms with van der Waals surface area (Å²) in [6.45, 7) is 0.620. The number of nitrogens with one attached hydrogen (secondary N) is 1. The fraction of sp³-hybridized carbons (Fsp3) is 0.171. The topological polar surface area (TPSA) is 80.8 Å². The van der Waals surface area contributed by atoms with Gasteiger partial charge in [0.1, 0.15) is 5.75 Å². The van der Waals surface area contributed by atoms with Crippen molar-refractivity contribution >= 4 is 34.0 Å². The van der Waals surface area contributed by atoms with E-state index in [0.29, 0.717) is 28.5 Å². The van der Waals surface area contributed by atoms with Crippen LogP contribution < -0.4 is 15.0 Å². The number of hydrogen-bond donors (Lipinski definition) is 1. The molecule has 0 aliphatic heterocycles. The van der Waals surface area contributed by atoms with Gasteiger partial charge in [0, 0.05) is 28.7 Å². The number of ether oxygens (including phenoxy) is 2. The largest absolute Gasteiger partial charge is 0.573 e. The Bertz CT molecular complexity index is 1870. The van der Waals surface area contributed by atoms with Crippen molar-refractivity contribution in [3.63, 3.8) is 0 Å². The minimum atomic E-state index is -4.76. The minimum absolute atomic E-state index is 0.0857. The Labute approximate surface area is 267 Å². The van der Waals surface area contributed by atoms with E-state index >= 15 is 0 Å². The smallest absolute Gasteiger partial charge is 0.469 e. The number of esters is 1. The molecule has 0 radical (unpaired) electrons. The molecule has 46 heavy (non-hydrogen) atoms. The highest BCUT2D eigenvalue weighted by molar-refractivity contribution is 7.14. The minimum Gasteiger partial charge on any atom is -0.469 e. The lowest BCUT2D eigenvalue weighted by Gasteiger charge is -2.23. The van der Waals surface area contributed by atoms with Gasteiger partial charge in [0.15, 0.2) is 5.13 Å². The third kappa shape index (κ3) is 7.05. The van der Waals surface area contributed by atoms with Gasteiger partial charge < -0.3 is 19.7 Å². The van der Waals surface area contributed by atoms with Gasteiger partial charge in [-0.1, -0.05) is 42.5 Å². The van der Waals surface area contributed by atoms with E-state index in [4.69, 9.17) is 4.98 Å². The van der Waals surface area contributed by atoms with E-state index in [-0.39, 0.29) is 24.6 Å². The van der Waals surface area contributed by atoms with Crippen LogP contribution in [0.25, 0.3) is 22.4 Å². The molecular formula is C35H28F3N3O4S. The predicted octanol–water partition coefficient (Wildman–Crippen LogP) is 7.91. The number of rotatable bonds is 10. The highest BCUT2D eigenvalue weighted by atomic mass is 32.1. The number of halogens is 3. The van der Waals surface area contributed by atoms with Crippen molar-refractivity contribution in [3.05, 3.63) is 119 Å². The average Bonchev–Trinajstić information content (AvgIpc) is 3.68. The zero-order chi connectivity index (χ0) is 32.3. The second-order valence-corrected chi connectivity index (χ2v) is 11.5. The number of aromatic nitrogens is 1. The Morgan fingerprint density at radius 3 is 2.41 bits per heavy atom. The summed E-state index contributed by atoms with van der Waals surface area (Å²) >= 11 is 1.42. The molecule has 1 N–H and O–H groups in total. The van der Waals surface area contributed by atoms with Crippen LogP contribution in [0.5, 0.6) is 5.75 Å². The van der Waals surface area contributed by atoms with Gasteiger partial charge in [0.05, 0.1) is 25.8 Å². The SMILES string of the molecule is COC(=O)CCNC(=O)c1ccc(CN(c2ccc3c(c2)Cc2ccccc2-3)c2nc(-c3ccc(OC(F)(F)F)cc3)cs2)cc1. The molecule has 1 heterocycles. The molecule has 7 nitrogen and oxygen atoms in total. The number of thiazole rings is 1. The monoisotopic (exact) mass is 643 g/mol. The standard InChI is InChI=1S/C35H28F3N3O4S/c1-44-32(42)16-17-39-33(43)24-8-6-22(7-9-24)20-41(27-12-15-30-26(19-27)18-25-4-2-3-5-29(25)30)34-40-31(21-46-34)23-10-13-28(14-11-23)45-35(36,37)38/h2-15,19,21H,16-18,20H2,1H3,(H,39,43). The van der Waals surface area contributed by atoms with Crippen LogP contribution in [0.3, 0.4) is 0 Å². The third-order valence-electron chi connectivity index (χ3n) is 7.59. The molecule has 0 saturated carbocycles. The van der Waals surface area contributed by atoms with Crippen LogP contribution in [0.2, 0.25) is 0 Å². The third-order valence-corrected chi connectivity index (χ3v) is 8.46. The molecule has 0 spiro atoms. The Morgan fingerprint density at radius 2 is 1.67 bits per heavy atom. The normalized spacial score (nSPS) is 11.8. The first-order valence-corrected chi connectivity index (χ1v) is 15.3. The summed E-state index contributed by atoms with van der Waals surface area (Å²) < 4.78 is 46.5. The highest BCUT2D eigenvalue weighted by Gasteiger charge is 2.31. The lowest BCUT2D eigenvalue weighted by molar-refractivity contribution is -0.274. The predicted molar refractivity (Wildman–Crippen MR) is 170 cm³/mol. The van der Waals surface area contributed by atoms with Crippen LogP contribution in [0.1, 0.15) is 33.5 Å². The van der Waals surface area contributed by atoms with E-state index in [0.717, 1.165) is 17.7 Å². The van der Waals surface area contributed by atoms with Crippen molar-refractivity contribution in [1.29, 1.82) is 0 Å². The van der Waals surface area contributed by atoms with Crippen molar-refractivity contribution in [3.8, 4) is 28.1 Å². The van der Waals surface area contributed by atoms with Crippen LogP contribution in [-0.2, 0) is 22.5 Å². The fourth-order valence-corrected chi connectivity index (χ4v) is 6.20. The van der Waals surface area contributed by atoms with Crippen LogP contribution >= 0.6 is 11.3 Å². The highest BCUT2D eigenvalue weighted by Crippen LogP contribution is 2.41. The zero-order valence-electron chi connectivity index (χ0n) is 24.6. The molecule has 0 saturated heterocycles. The molecule has 1 aliphatic carbocycles. The Kier molecular flexibility index (Phi) is 8.76. The molecule has 1 aromatic heterocycles. The van der Waals surface area contributed by atoms with E-state index in [1.165, 1.54) is 52.8 Å². The lowest BCUT2D eigenvalue weighted by Crippen LogP contribution is -2.26. The summed E-state index contributed by atoms with van der Waals surface area (Å²) in [5, 5.41) is 5.29. The molecule has 11 heteroatoms. The summed E-state index contributed by atoms with van der Waals surface area (Å²) in [6, 6.07) is 27.6. The van der Waals surface area contributed by atoms with Crippen LogP contribution in [0.4, 0.5) is 24.0 Å². The number of fused-ring (bicyclic) bond motifs is 3. The second kappa shape index (κ2) is 13.1. The number of methoxy groups -OCH3 is 1. The van der Waals surface area contributed by atoms with E-state index in [9.17, 15) is 22.8 Å². The number of hydrogen-bond acceptors (Lipinski definition) is 7. The number of alkyl halides is 3. The van der Waals surface area contributed by atoms with Gasteiger partial charge >= 0.3 is 12.3 Å². The quantitative estimate of drug-likeness (QED) is 0.153. The average molecular weight is 644 g/mol. The van der Waals surface area contributed by atoms with Crippen molar-refractivity contribution in [2.75, 3.05) is 18.6 Å². The summed E-state index contributed by atoms with van der Waals surface area (Å²) in [4.78, 5) is 30.9. The summed E-state index contributed by atoms with van der Waals surface area (Å²) in [7, 11) is 1.30. The molecule has 0 bridgehead atoms. The molecule has 1 amide bonds. The van der Waals surface area contributed by atoms with Gasteiger partial charge in [0.25, 0.3) is 5.91 Å². The van der Waals surface area contributed by atoms with Crippen LogP contribution in [-0.4, -0.2) is 36.9 Å². The molecule has 5 aromatic rings. The molecule has 0 unspecified atom stereocenters. The number of carbonyl (C=O) groups is 2. The second-order valence-electron chi connectivity index (χ2n) is 10.6. The van der Waals surface area contributed by atoms with Crippen molar-refractivity contribution in [1.82, 2.24) is 10.3 Å². The number of anilines is 2. The number of carbonyl (C=O) groups excluding carboxylic acids is 2. The van der Waals surface area contributed by atoms with E-state index in [1.807, 2.05) is 29.6 Å². The lowest BCUT2D eigenvalue weighted by atomic mass is 10.0. The van der Waals surface area contributed by atoms with Gasteiger partial charge in [-0.3, -0.25) is 9.59 Å². The van der Waals surface area contributed by atoms with E-state index in [1.54, 1.807) is 24.3 Å². The van der Waals surface area contributed by atoms with Gasteiger partial charge in [-0.25, -0.2) is 4.98 Å². The van der Waals surface area contributed by atoms with Crippen molar-refractivity contribution in [2.45, 2.75) is 25.7 Å². The molecular weight excluding hydrogens is 615 g/mol. The zero-order valence-corrected chi connectivity index (χ0v) is 25.5. The molecule has 4 aromatic carbocycles. The van der Waals surface area contributed by atoms with E-state index in [2.05, 4.69) is 50.0 Å². The first-order chi connectivity index (χ1) is 22.2. The van der Waals surface area contributed by atoms with Crippen molar-refractivity contribution < 1.29 is 32.2 Å². The number of nitrogens with zero attached hydrogens (tertiary/aromatic N) is 2. The van der Waals surface area contributed by atoms with Gasteiger partial charge in [-0.2, -0.15) is 0 Å². The maximum atomic E-state index is 12.6. The van der Waals surface area contributed by atoms with Gasteiger partial charge in [-0.05, 0) is 82.8 Å². The summed E-state index contributed by atoms with van der Waals surface area (Å²) in [5.74, 6) is -0.987. The van der Waals surface area contributed by atoms with Gasteiger partial charge in [0.2, 0.25) is 0 Å². The Morgan fingerprint density at radius 1 is 0.935 bits per heavy atom. The molecule has 1 aliphatic rings. The maximum absolute atomic E-state index is 12.6. The van der Waals surface area contributed by atoms with Crippen LogP contribution in [0, 0.1) is 0 Å². The number of amides is 1. The first-order valence-electron chi connectivity index (χ1n) is 14.4.